The van der Waals surface area contributed by atoms with Gasteiger partial charge in [0.05, 0.1) is 5.69 Å². The Balaban J connectivity index is 1.58. The topological polar surface area (TPSA) is 84.4 Å². The van der Waals surface area contributed by atoms with Crippen LogP contribution in [0.3, 0.4) is 0 Å². The highest BCUT2D eigenvalue weighted by Gasteiger charge is 2.20. The highest BCUT2D eigenvalue weighted by molar-refractivity contribution is 6.31. The van der Waals surface area contributed by atoms with E-state index in [-0.39, 0.29) is 5.75 Å². The zero-order valence-corrected chi connectivity index (χ0v) is 15.7. The highest BCUT2D eigenvalue weighted by atomic mass is 35.5. The van der Waals surface area contributed by atoms with Crippen LogP contribution in [0, 0.1) is 6.92 Å². The van der Waals surface area contributed by atoms with Crippen molar-refractivity contribution in [3.8, 4) is 17.0 Å². The van der Waals surface area contributed by atoms with Crippen LogP contribution in [0.5, 0.6) is 5.75 Å². The van der Waals surface area contributed by atoms with Gasteiger partial charge in [0.15, 0.2) is 17.0 Å². The summed E-state index contributed by atoms with van der Waals surface area (Å²) in [6.45, 7) is 1.88. The molecule has 5 rings (SSSR count). The number of halogens is 1. The SMILES string of the molecule is Cc1cc(Cl)cc(O)c1-c1ccc2oc(C3=Nc4ncccc4CC3)nc2n1. The normalized spacial score (nSPS) is 13.4. The van der Waals surface area contributed by atoms with Gasteiger partial charge in [0.1, 0.15) is 11.5 Å². The van der Waals surface area contributed by atoms with E-state index >= 15 is 0 Å². The van der Waals surface area contributed by atoms with Crippen LogP contribution in [0.15, 0.2) is 52.0 Å². The summed E-state index contributed by atoms with van der Waals surface area (Å²) in [5, 5.41) is 10.8. The fraction of sp³-hybridized carbons (Fsp3) is 0.143. The molecule has 0 atom stereocenters. The number of rotatable bonds is 2. The summed E-state index contributed by atoms with van der Waals surface area (Å²) in [4.78, 5) is 18.0. The second kappa shape index (κ2) is 6.42. The Morgan fingerprint density at radius 3 is 2.86 bits per heavy atom. The van der Waals surface area contributed by atoms with Gasteiger partial charge in [-0.2, -0.15) is 4.98 Å². The second-order valence-electron chi connectivity index (χ2n) is 6.70. The molecule has 1 aromatic carbocycles. The van der Waals surface area contributed by atoms with Crippen LogP contribution in [-0.4, -0.2) is 25.8 Å². The summed E-state index contributed by atoms with van der Waals surface area (Å²) in [5.74, 6) is 1.24. The van der Waals surface area contributed by atoms with Gasteiger partial charge in [0, 0.05) is 16.8 Å². The first kappa shape index (κ1) is 16.9. The Hall–Kier alpha value is -3.25. The Bertz CT molecular complexity index is 1240. The van der Waals surface area contributed by atoms with Crippen LogP contribution in [0.2, 0.25) is 5.02 Å². The molecule has 0 saturated carbocycles. The van der Waals surface area contributed by atoms with E-state index in [2.05, 4.69) is 19.9 Å². The molecule has 7 heteroatoms. The van der Waals surface area contributed by atoms with Crippen LogP contribution in [0.1, 0.15) is 23.4 Å². The molecular formula is C21H15ClN4O2. The van der Waals surface area contributed by atoms with Gasteiger partial charge in [-0.3, -0.25) is 0 Å². The lowest BCUT2D eigenvalue weighted by Gasteiger charge is -2.11. The molecule has 0 spiro atoms. The molecule has 1 aliphatic rings. The average molecular weight is 391 g/mol. The zero-order chi connectivity index (χ0) is 19.3. The van der Waals surface area contributed by atoms with Gasteiger partial charge in [0.2, 0.25) is 5.89 Å². The van der Waals surface area contributed by atoms with E-state index in [9.17, 15) is 5.11 Å². The Morgan fingerprint density at radius 2 is 2.00 bits per heavy atom. The molecule has 1 N–H and O–H groups in total. The van der Waals surface area contributed by atoms with Gasteiger partial charge < -0.3 is 9.52 Å². The van der Waals surface area contributed by atoms with Crippen molar-refractivity contribution in [3.05, 3.63) is 64.6 Å². The maximum absolute atomic E-state index is 10.3. The van der Waals surface area contributed by atoms with Crippen molar-refractivity contribution in [2.45, 2.75) is 19.8 Å². The molecule has 1 aliphatic heterocycles. The van der Waals surface area contributed by atoms with Crippen LogP contribution in [0.4, 0.5) is 5.82 Å². The van der Waals surface area contributed by atoms with Crippen molar-refractivity contribution in [1.82, 2.24) is 15.0 Å². The largest absolute Gasteiger partial charge is 0.507 e. The van der Waals surface area contributed by atoms with Crippen LogP contribution in [0.25, 0.3) is 22.5 Å². The molecule has 0 unspecified atom stereocenters. The lowest BCUT2D eigenvalue weighted by molar-refractivity contribution is 0.477. The molecule has 0 fully saturated rings. The number of aromatic nitrogens is 3. The summed E-state index contributed by atoms with van der Waals surface area (Å²) < 4.78 is 5.88. The third kappa shape index (κ3) is 2.82. The van der Waals surface area contributed by atoms with E-state index < -0.39 is 0 Å². The minimum atomic E-state index is 0.0832. The lowest BCUT2D eigenvalue weighted by Crippen LogP contribution is -2.08. The summed E-state index contributed by atoms with van der Waals surface area (Å²) in [7, 11) is 0. The number of aryl methyl sites for hydroxylation is 2. The summed E-state index contributed by atoms with van der Waals surface area (Å²) in [6, 6.07) is 10.8. The number of nitrogens with zero attached hydrogens (tertiary/aromatic N) is 4. The number of oxazole rings is 1. The maximum Gasteiger partial charge on any atom is 0.243 e. The number of hydrogen-bond donors (Lipinski definition) is 1. The quantitative estimate of drug-likeness (QED) is 0.519. The van der Waals surface area contributed by atoms with Crippen molar-refractivity contribution in [2.75, 3.05) is 0 Å². The van der Waals surface area contributed by atoms with Crippen molar-refractivity contribution in [1.29, 1.82) is 0 Å². The molecule has 4 aromatic rings. The number of benzene rings is 1. The minimum Gasteiger partial charge on any atom is -0.507 e. The van der Waals surface area contributed by atoms with Crippen LogP contribution in [-0.2, 0) is 6.42 Å². The summed E-state index contributed by atoms with van der Waals surface area (Å²) in [6.07, 6.45) is 3.30. The smallest absolute Gasteiger partial charge is 0.243 e. The van der Waals surface area contributed by atoms with E-state index in [1.807, 2.05) is 19.1 Å². The average Bonchev–Trinajstić information content (AvgIpc) is 3.10. The zero-order valence-electron chi connectivity index (χ0n) is 15.0. The number of pyridine rings is 2. The predicted molar refractivity (Wildman–Crippen MR) is 107 cm³/mol. The van der Waals surface area contributed by atoms with E-state index in [4.69, 9.17) is 16.0 Å². The van der Waals surface area contributed by atoms with Gasteiger partial charge in [-0.15, -0.1) is 0 Å². The number of fused-ring (bicyclic) bond motifs is 2. The number of aliphatic imine (C=N–C) groups is 1. The lowest BCUT2D eigenvalue weighted by atomic mass is 10.0. The van der Waals surface area contributed by atoms with Crippen molar-refractivity contribution in [2.24, 2.45) is 4.99 Å². The monoisotopic (exact) mass is 390 g/mol. The standard InChI is InChI=1S/C21H15ClN4O2/c1-11-9-13(22)10-16(27)18(11)14-6-7-17-20(24-14)26-21(28-17)15-5-4-12-3-2-8-23-19(12)25-15/h2-3,6-10,27H,4-5H2,1H3. The Morgan fingerprint density at radius 1 is 1.11 bits per heavy atom. The number of hydrogen-bond acceptors (Lipinski definition) is 6. The number of phenols is 1. The molecule has 0 bridgehead atoms. The van der Waals surface area contributed by atoms with Gasteiger partial charge in [0.25, 0.3) is 0 Å². The highest BCUT2D eigenvalue weighted by Crippen LogP contribution is 2.35. The molecule has 3 aromatic heterocycles. The molecule has 0 radical (unpaired) electrons. The van der Waals surface area contributed by atoms with Gasteiger partial charge in [-0.05, 0) is 61.2 Å². The first-order chi connectivity index (χ1) is 13.6. The third-order valence-corrected chi connectivity index (χ3v) is 4.99. The third-order valence-electron chi connectivity index (χ3n) is 4.78. The Kier molecular flexibility index (Phi) is 3.87. The van der Waals surface area contributed by atoms with Gasteiger partial charge in [-0.1, -0.05) is 17.7 Å². The Labute approximate surface area is 165 Å². The van der Waals surface area contributed by atoms with E-state index in [0.717, 1.165) is 29.7 Å². The molecule has 0 saturated heterocycles. The van der Waals surface area contributed by atoms with Crippen molar-refractivity contribution in [3.63, 3.8) is 0 Å². The summed E-state index contributed by atoms with van der Waals surface area (Å²) in [5.41, 5.74) is 4.99. The second-order valence-corrected chi connectivity index (χ2v) is 7.14. The molecule has 138 valence electrons. The molecular weight excluding hydrogens is 376 g/mol. The molecule has 4 heterocycles. The van der Waals surface area contributed by atoms with Crippen molar-refractivity contribution < 1.29 is 9.52 Å². The van der Waals surface area contributed by atoms with E-state index in [1.54, 1.807) is 24.4 Å². The molecule has 28 heavy (non-hydrogen) atoms. The van der Waals surface area contributed by atoms with E-state index in [1.165, 1.54) is 6.07 Å². The first-order valence-corrected chi connectivity index (χ1v) is 9.25. The van der Waals surface area contributed by atoms with Crippen LogP contribution >= 0.6 is 11.6 Å². The van der Waals surface area contributed by atoms with Crippen molar-refractivity contribution >= 4 is 34.4 Å². The number of aromatic hydroxyl groups is 1. The van der Waals surface area contributed by atoms with Gasteiger partial charge in [-0.25, -0.2) is 15.0 Å². The number of phenolic OH excluding ortho intramolecular Hbond substituents is 1. The van der Waals surface area contributed by atoms with E-state index in [0.29, 0.717) is 39.2 Å². The molecule has 6 nitrogen and oxygen atoms in total. The molecule has 0 amide bonds. The van der Waals surface area contributed by atoms with Gasteiger partial charge >= 0.3 is 0 Å². The molecule has 0 aliphatic carbocycles. The fourth-order valence-electron chi connectivity index (χ4n) is 3.46. The fourth-order valence-corrected chi connectivity index (χ4v) is 3.72. The van der Waals surface area contributed by atoms with Crippen LogP contribution < -0.4 is 0 Å². The predicted octanol–water partition coefficient (Wildman–Crippen LogP) is 5.02. The summed E-state index contributed by atoms with van der Waals surface area (Å²) >= 11 is 6.00. The minimum absolute atomic E-state index is 0.0832. The maximum atomic E-state index is 10.3. The first-order valence-electron chi connectivity index (χ1n) is 8.87.